The lowest BCUT2D eigenvalue weighted by Crippen LogP contribution is -2.54. The lowest BCUT2D eigenvalue weighted by molar-refractivity contribution is -0.135. The molecule has 2 aliphatic rings. The number of carbonyl (C=O) groups excluding carboxylic acids is 3. The topological polar surface area (TPSA) is 105 Å². The zero-order valence-corrected chi connectivity index (χ0v) is 14.9. The maximum absolute atomic E-state index is 12.8. The van der Waals surface area contributed by atoms with Gasteiger partial charge in [0.15, 0.2) is 5.58 Å². The zero-order valence-electron chi connectivity index (χ0n) is 14.9. The maximum atomic E-state index is 12.8. The van der Waals surface area contributed by atoms with Gasteiger partial charge in [-0.15, -0.1) is 0 Å². The lowest BCUT2D eigenvalue weighted by atomic mass is 10.1. The number of aromatic nitrogens is 1. The molecular weight excluding hydrogens is 352 g/mol. The van der Waals surface area contributed by atoms with Gasteiger partial charge in [-0.25, -0.2) is 4.79 Å². The minimum absolute atomic E-state index is 0.0808. The average Bonchev–Trinajstić information content (AvgIpc) is 3.24. The van der Waals surface area contributed by atoms with Crippen LogP contribution in [-0.2, 0) is 16.6 Å². The Kier molecular flexibility index (Phi) is 4.21. The molecule has 2 fully saturated rings. The van der Waals surface area contributed by atoms with Crippen LogP contribution in [0.25, 0.3) is 11.1 Å². The number of piperazine rings is 1. The molecule has 0 saturated carbocycles. The Hall–Kier alpha value is -3.10. The fourth-order valence-corrected chi connectivity index (χ4v) is 3.59. The Labute approximate surface area is 154 Å². The van der Waals surface area contributed by atoms with Gasteiger partial charge in [-0.2, -0.15) is 0 Å². The van der Waals surface area contributed by atoms with Gasteiger partial charge in [-0.05, 0) is 24.6 Å². The summed E-state index contributed by atoms with van der Waals surface area (Å²) in [6.07, 6.45) is 0.911. The quantitative estimate of drug-likeness (QED) is 0.779. The number of nitrogens with one attached hydrogen (secondary N) is 1. The third-order valence-electron chi connectivity index (χ3n) is 5.21. The van der Waals surface area contributed by atoms with E-state index >= 15 is 0 Å². The first-order valence-corrected chi connectivity index (χ1v) is 8.91. The summed E-state index contributed by atoms with van der Waals surface area (Å²) in [7, 11) is 1.59. The molecule has 3 heterocycles. The lowest BCUT2D eigenvalue weighted by Gasteiger charge is -2.36. The predicted octanol–water partition coefficient (Wildman–Crippen LogP) is -0.305. The van der Waals surface area contributed by atoms with Crippen molar-refractivity contribution in [3.8, 4) is 0 Å². The van der Waals surface area contributed by atoms with Gasteiger partial charge in [0.25, 0.3) is 5.91 Å². The molecule has 2 aromatic rings. The van der Waals surface area contributed by atoms with Crippen molar-refractivity contribution in [3.05, 3.63) is 34.3 Å². The van der Waals surface area contributed by atoms with E-state index in [1.165, 1.54) is 4.57 Å². The smallest absolute Gasteiger partial charge is 0.408 e. The highest BCUT2D eigenvalue weighted by molar-refractivity contribution is 5.97. The van der Waals surface area contributed by atoms with E-state index in [-0.39, 0.29) is 17.7 Å². The monoisotopic (exact) mass is 372 g/mol. The van der Waals surface area contributed by atoms with Crippen LogP contribution >= 0.6 is 0 Å². The minimum Gasteiger partial charge on any atom is -0.408 e. The molecule has 0 bridgehead atoms. The summed E-state index contributed by atoms with van der Waals surface area (Å²) in [6.45, 7) is 1.72. The molecule has 4 rings (SSSR count). The molecule has 2 saturated heterocycles. The summed E-state index contributed by atoms with van der Waals surface area (Å²) < 4.78 is 6.44. The van der Waals surface area contributed by atoms with E-state index in [0.717, 1.165) is 0 Å². The van der Waals surface area contributed by atoms with Crippen LogP contribution in [0.1, 0.15) is 23.2 Å². The number of fused-ring (bicyclic) bond motifs is 1. The Morgan fingerprint density at radius 3 is 2.48 bits per heavy atom. The Morgan fingerprint density at radius 2 is 1.81 bits per heavy atom. The SMILES string of the molecule is Cn1c(=O)oc2ccc(C(=O)N3CCN(C(=O)C4CCC(=O)N4)CC3)cc21. The molecule has 27 heavy (non-hydrogen) atoms. The summed E-state index contributed by atoms with van der Waals surface area (Å²) in [5.74, 6) is -0.790. The van der Waals surface area contributed by atoms with Crippen LogP contribution in [-0.4, -0.2) is 64.3 Å². The number of benzene rings is 1. The molecule has 0 radical (unpaired) electrons. The average molecular weight is 372 g/mol. The van der Waals surface area contributed by atoms with E-state index in [1.807, 2.05) is 0 Å². The largest absolute Gasteiger partial charge is 0.419 e. The van der Waals surface area contributed by atoms with Crippen LogP contribution in [0.3, 0.4) is 0 Å². The van der Waals surface area contributed by atoms with Crippen molar-refractivity contribution >= 4 is 28.8 Å². The fraction of sp³-hybridized carbons (Fsp3) is 0.444. The molecule has 1 unspecified atom stereocenters. The summed E-state index contributed by atoms with van der Waals surface area (Å²) in [5.41, 5.74) is 1.48. The number of aryl methyl sites for hydroxylation is 1. The Bertz CT molecular complexity index is 983. The van der Waals surface area contributed by atoms with Gasteiger partial charge in [0.05, 0.1) is 5.52 Å². The second kappa shape index (κ2) is 6.57. The fourth-order valence-electron chi connectivity index (χ4n) is 3.59. The van der Waals surface area contributed by atoms with Gasteiger partial charge in [-0.1, -0.05) is 0 Å². The highest BCUT2D eigenvalue weighted by atomic mass is 16.4. The van der Waals surface area contributed by atoms with E-state index in [2.05, 4.69) is 5.32 Å². The van der Waals surface area contributed by atoms with E-state index < -0.39 is 11.8 Å². The molecule has 9 nitrogen and oxygen atoms in total. The summed E-state index contributed by atoms with van der Waals surface area (Å²) in [5, 5.41) is 2.69. The van der Waals surface area contributed by atoms with Crippen molar-refractivity contribution < 1.29 is 18.8 Å². The highest BCUT2D eigenvalue weighted by Crippen LogP contribution is 2.17. The number of hydrogen-bond acceptors (Lipinski definition) is 5. The summed E-state index contributed by atoms with van der Waals surface area (Å²) in [4.78, 5) is 51.5. The van der Waals surface area contributed by atoms with Gasteiger partial charge in [-0.3, -0.25) is 19.0 Å². The van der Waals surface area contributed by atoms with E-state index in [4.69, 9.17) is 4.42 Å². The van der Waals surface area contributed by atoms with E-state index in [1.54, 1.807) is 35.0 Å². The first-order chi connectivity index (χ1) is 12.9. The summed E-state index contributed by atoms with van der Waals surface area (Å²) in [6, 6.07) is 4.46. The van der Waals surface area contributed by atoms with Gasteiger partial charge in [0.1, 0.15) is 6.04 Å². The number of hydrogen-bond donors (Lipinski definition) is 1. The van der Waals surface area contributed by atoms with Crippen molar-refractivity contribution in [2.45, 2.75) is 18.9 Å². The number of rotatable bonds is 2. The van der Waals surface area contributed by atoms with Crippen molar-refractivity contribution in [1.29, 1.82) is 0 Å². The minimum atomic E-state index is -0.472. The van der Waals surface area contributed by atoms with Gasteiger partial charge in [0, 0.05) is 45.2 Å². The molecule has 3 amide bonds. The first kappa shape index (κ1) is 17.3. The molecule has 1 atom stereocenters. The van der Waals surface area contributed by atoms with Crippen LogP contribution in [0.5, 0.6) is 0 Å². The number of amides is 3. The molecule has 142 valence electrons. The van der Waals surface area contributed by atoms with Gasteiger partial charge >= 0.3 is 5.76 Å². The van der Waals surface area contributed by atoms with Crippen LogP contribution < -0.4 is 11.1 Å². The molecule has 1 aromatic heterocycles. The van der Waals surface area contributed by atoms with E-state index in [0.29, 0.717) is 55.7 Å². The second-order valence-electron chi connectivity index (χ2n) is 6.89. The maximum Gasteiger partial charge on any atom is 0.419 e. The summed E-state index contributed by atoms with van der Waals surface area (Å²) >= 11 is 0. The van der Waals surface area contributed by atoms with Crippen LogP contribution in [0, 0.1) is 0 Å². The van der Waals surface area contributed by atoms with E-state index in [9.17, 15) is 19.2 Å². The van der Waals surface area contributed by atoms with Gasteiger partial charge in [0.2, 0.25) is 11.8 Å². The van der Waals surface area contributed by atoms with Crippen molar-refractivity contribution in [2.75, 3.05) is 26.2 Å². The molecule has 1 N–H and O–H groups in total. The molecule has 0 aliphatic carbocycles. The van der Waals surface area contributed by atoms with Crippen LogP contribution in [0.15, 0.2) is 27.4 Å². The molecule has 1 aromatic carbocycles. The standard InChI is InChI=1S/C18H20N4O5/c1-20-13-10-11(2-4-14(13)27-18(20)26)16(24)21-6-8-22(9-7-21)17(25)12-3-5-15(23)19-12/h2,4,10,12H,3,5-9H2,1H3,(H,19,23). The number of carbonyl (C=O) groups is 3. The predicted molar refractivity (Wildman–Crippen MR) is 95.1 cm³/mol. The van der Waals surface area contributed by atoms with Crippen LogP contribution in [0.2, 0.25) is 0 Å². The number of nitrogens with zero attached hydrogens (tertiary/aromatic N) is 3. The van der Waals surface area contributed by atoms with Crippen molar-refractivity contribution in [3.63, 3.8) is 0 Å². The van der Waals surface area contributed by atoms with Crippen molar-refractivity contribution in [2.24, 2.45) is 7.05 Å². The molecular formula is C18H20N4O5. The van der Waals surface area contributed by atoms with Crippen molar-refractivity contribution in [1.82, 2.24) is 19.7 Å². The Morgan fingerprint density at radius 1 is 1.11 bits per heavy atom. The highest BCUT2D eigenvalue weighted by Gasteiger charge is 2.33. The molecule has 9 heteroatoms. The molecule has 2 aliphatic heterocycles. The Balaban J connectivity index is 1.42. The normalized spacial score (nSPS) is 20.2. The zero-order chi connectivity index (χ0) is 19.1. The molecule has 0 spiro atoms. The van der Waals surface area contributed by atoms with Crippen LogP contribution in [0.4, 0.5) is 0 Å². The third-order valence-corrected chi connectivity index (χ3v) is 5.21. The third kappa shape index (κ3) is 3.09. The second-order valence-corrected chi connectivity index (χ2v) is 6.89. The van der Waals surface area contributed by atoms with Gasteiger partial charge < -0.3 is 19.5 Å². The first-order valence-electron chi connectivity index (χ1n) is 8.91. The number of oxazole rings is 1.